The number of carbonyl (C=O) groups excluding carboxylic acids is 1. The molecule has 2 amide bonds. The molecule has 3 N–H and O–H groups in total. The summed E-state index contributed by atoms with van der Waals surface area (Å²) in [5, 5.41) is 5.39. The van der Waals surface area contributed by atoms with E-state index in [1.807, 2.05) is 0 Å². The Labute approximate surface area is 135 Å². The summed E-state index contributed by atoms with van der Waals surface area (Å²) in [5.41, 5.74) is 1.56. The Morgan fingerprint density at radius 2 is 1.70 bits per heavy atom. The lowest BCUT2D eigenvalue weighted by atomic mass is 10.1. The normalized spacial score (nSPS) is 11.2. The van der Waals surface area contributed by atoms with Gasteiger partial charge in [-0.15, -0.1) is 0 Å². The van der Waals surface area contributed by atoms with Crippen LogP contribution >= 0.6 is 0 Å². The largest absolute Gasteiger partial charge is 0.467 e. The Morgan fingerprint density at radius 3 is 2.30 bits per heavy atom. The first kappa shape index (κ1) is 17.0. The van der Waals surface area contributed by atoms with Gasteiger partial charge in [0, 0.05) is 6.54 Å². The predicted octanol–water partition coefficient (Wildman–Crippen LogP) is 1.33. The van der Waals surface area contributed by atoms with Gasteiger partial charge in [0.15, 0.2) is 0 Å². The SMILES string of the molecule is CNS(=O)(=O)Cc1ccc(CNC(=O)NCc2ccco2)cc1. The molecular formula is C15H19N3O4S. The number of hydrogen-bond acceptors (Lipinski definition) is 4. The van der Waals surface area contributed by atoms with Crippen molar-refractivity contribution in [1.29, 1.82) is 0 Å². The van der Waals surface area contributed by atoms with Crippen molar-refractivity contribution in [3.63, 3.8) is 0 Å². The number of carbonyl (C=O) groups is 1. The van der Waals surface area contributed by atoms with Crippen LogP contribution in [0.5, 0.6) is 0 Å². The maximum atomic E-state index is 11.7. The molecule has 1 aromatic heterocycles. The quantitative estimate of drug-likeness (QED) is 0.709. The molecule has 0 atom stereocenters. The van der Waals surface area contributed by atoms with Crippen molar-refractivity contribution in [3.05, 3.63) is 59.5 Å². The highest BCUT2D eigenvalue weighted by Crippen LogP contribution is 2.07. The summed E-state index contributed by atoms with van der Waals surface area (Å²) in [6, 6.07) is 10.3. The molecular weight excluding hydrogens is 318 g/mol. The third kappa shape index (κ3) is 5.76. The fourth-order valence-corrected chi connectivity index (χ4v) is 2.65. The van der Waals surface area contributed by atoms with E-state index in [4.69, 9.17) is 4.42 Å². The van der Waals surface area contributed by atoms with E-state index in [2.05, 4.69) is 15.4 Å². The molecule has 0 radical (unpaired) electrons. The van der Waals surface area contributed by atoms with Crippen molar-refractivity contribution < 1.29 is 17.6 Å². The molecule has 8 heteroatoms. The fraction of sp³-hybridized carbons (Fsp3) is 0.267. The van der Waals surface area contributed by atoms with Gasteiger partial charge in [0.05, 0.1) is 18.6 Å². The van der Waals surface area contributed by atoms with Crippen LogP contribution in [0.25, 0.3) is 0 Å². The summed E-state index contributed by atoms with van der Waals surface area (Å²) in [6.07, 6.45) is 1.55. The molecule has 2 rings (SSSR count). The number of benzene rings is 1. The van der Waals surface area contributed by atoms with E-state index >= 15 is 0 Å². The molecule has 7 nitrogen and oxygen atoms in total. The highest BCUT2D eigenvalue weighted by atomic mass is 32.2. The van der Waals surface area contributed by atoms with Crippen LogP contribution in [0.2, 0.25) is 0 Å². The van der Waals surface area contributed by atoms with Crippen molar-refractivity contribution in [1.82, 2.24) is 15.4 Å². The maximum absolute atomic E-state index is 11.7. The average molecular weight is 337 g/mol. The van der Waals surface area contributed by atoms with Crippen LogP contribution in [0, 0.1) is 0 Å². The van der Waals surface area contributed by atoms with Gasteiger partial charge in [-0.05, 0) is 30.3 Å². The second kappa shape index (κ2) is 7.80. The Morgan fingerprint density at radius 1 is 1.04 bits per heavy atom. The molecule has 1 aromatic carbocycles. The van der Waals surface area contributed by atoms with Crippen LogP contribution in [-0.4, -0.2) is 21.5 Å². The summed E-state index contributed by atoms with van der Waals surface area (Å²) in [5.74, 6) is 0.608. The Kier molecular flexibility index (Phi) is 5.78. The van der Waals surface area contributed by atoms with E-state index in [-0.39, 0.29) is 11.8 Å². The van der Waals surface area contributed by atoms with Crippen molar-refractivity contribution in [2.24, 2.45) is 0 Å². The Hall–Kier alpha value is -2.32. The molecule has 0 aliphatic carbocycles. The number of amides is 2. The van der Waals surface area contributed by atoms with Gasteiger partial charge < -0.3 is 15.1 Å². The minimum atomic E-state index is -3.28. The molecule has 0 saturated carbocycles. The van der Waals surface area contributed by atoms with Crippen LogP contribution in [-0.2, 0) is 28.9 Å². The van der Waals surface area contributed by atoms with Crippen LogP contribution < -0.4 is 15.4 Å². The van der Waals surface area contributed by atoms with Crippen molar-refractivity contribution in [2.45, 2.75) is 18.8 Å². The molecule has 1 heterocycles. The second-order valence-electron chi connectivity index (χ2n) is 4.90. The zero-order valence-corrected chi connectivity index (χ0v) is 13.5. The molecule has 0 aliphatic heterocycles. The second-order valence-corrected chi connectivity index (χ2v) is 6.82. The lowest BCUT2D eigenvalue weighted by Gasteiger charge is -2.08. The number of hydrogen-bond donors (Lipinski definition) is 3. The molecule has 0 unspecified atom stereocenters. The van der Waals surface area contributed by atoms with Gasteiger partial charge >= 0.3 is 6.03 Å². The van der Waals surface area contributed by atoms with Crippen LogP contribution in [0.1, 0.15) is 16.9 Å². The van der Waals surface area contributed by atoms with Gasteiger partial charge in [0.25, 0.3) is 0 Å². The Balaban J connectivity index is 1.78. The van der Waals surface area contributed by atoms with Gasteiger partial charge in [0.1, 0.15) is 5.76 Å². The zero-order valence-electron chi connectivity index (χ0n) is 12.7. The number of furan rings is 1. The van der Waals surface area contributed by atoms with Gasteiger partial charge in [-0.1, -0.05) is 24.3 Å². The molecule has 0 spiro atoms. The maximum Gasteiger partial charge on any atom is 0.315 e. The first-order valence-electron chi connectivity index (χ1n) is 7.01. The molecule has 124 valence electrons. The summed E-state index contributed by atoms with van der Waals surface area (Å²) in [7, 11) is -1.89. The van der Waals surface area contributed by atoms with Crippen molar-refractivity contribution in [2.75, 3.05) is 7.05 Å². The number of urea groups is 1. The van der Waals surface area contributed by atoms with Crippen LogP contribution in [0.3, 0.4) is 0 Å². The summed E-state index contributed by atoms with van der Waals surface area (Å²) in [6.45, 7) is 0.669. The summed E-state index contributed by atoms with van der Waals surface area (Å²) >= 11 is 0. The Bertz CT molecular complexity index is 725. The van der Waals surface area contributed by atoms with E-state index in [9.17, 15) is 13.2 Å². The van der Waals surface area contributed by atoms with Crippen LogP contribution in [0.4, 0.5) is 4.79 Å². The van der Waals surface area contributed by atoms with E-state index in [1.54, 1.807) is 42.7 Å². The highest BCUT2D eigenvalue weighted by Gasteiger charge is 2.08. The van der Waals surface area contributed by atoms with Crippen molar-refractivity contribution in [3.8, 4) is 0 Å². The van der Waals surface area contributed by atoms with E-state index in [0.717, 1.165) is 5.56 Å². The topological polar surface area (TPSA) is 100 Å². The molecule has 0 aliphatic rings. The molecule has 23 heavy (non-hydrogen) atoms. The van der Waals surface area contributed by atoms with Crippen LogP contribution in [0.15, 0.2) is 47.1 Å². The minimum absolute atomic E-state index is 0.0686. The number of nitrogens with one attached hydrogen (secondary N) is 3. The fourth-order valence-electron chi connectivity index (χ4n) is 1.87. The molecule has 0 bridgehead atoms. The van der Waals surface area contributed by atoms with Gasteiger partial charge in [-0.2, -0.15) is 0 Å². The first-order valence-corrected chi connectivity index (χ1v) is 8.67. The van der Waals surface area contributed by atoms with E-state index in [1.165, 1.54) is 7.05 Å². The average Bonchev–Trinajstić information content (AvgIpc) is 3.05. The number of sulfonamides is 1. The third-order valence-electron chi connectivity index (χ3n) is 3.15. The van der Waals surface area contributed by atoms with Gasteiger partial charge in [0.2, 0.25) is 10.0 Å². The lowest BCUT2D eigenvalue weighted by Crippen LogP contribution is -2.34. The summed E-state index contributed by atoms with van der Waals surface area (Å²) in [4.78, 5) is 11.7. The highest BCUT2D eigenvalue weighted by molar-refractivity contribution is 7.88. The molecule has 0 fully saturated rings. The third-order valence-corrected chi connectivity index (χ3v) is 4.48. The van der Waals surface area contributed by atoms with Gasteiger partial charge in [-0.25, -0.2) is 17.9 Å². The minimum Gasteiger partial charge on any atom is -0.467 e. The standard InChI is InChI=1S/C15H19N3O4S/c1-16-23(20,21)11-13-6-4-12(5-7-13)9-17-15(19)18-10-14-3-2-8-22-14/h2-8,16H,9-11H2,1H3,(H2,17,18,19). The molecule has 0 saturated heterocycles. The molecule has 2 aromatic rings. The predicted molar refractivity (Wildman–Crippen MR) is 85.9 cm³/mol. The summed E-state index contributed by atoms with van der Waals surface area (Å²) < 4.78 is 30.3. The lowest BCUT2D eigenvalue weighted by molar-refractivity contribution is 0.239. The van der Waals surface area contributed by atoms with E-state index in [0.29, 0.717) is 24.4 Å². The van der Waals surface area contributed by atoms with Crippen molar-refractivity contribution >= 4 is 16.1 Å². The monoisotopic (exact) mass is 337 g/mol. The number of rotatable bonds is 7. The first-order chi connectivity index (χ1) is 11.0. The van der Waals surface area contributed by atoms with Gasteiger partial charge in [-0.3, -0.25) is 0 Å². The smallest absolute Gasteiger partial charge is 0.315 e. The van der Waals surface area contributed by atoms with E-state index < -0.39 is 10.0 Å². The zero-order chi connectivity index (χ0) is 16.7.